The minimum atomic E-state index is -0.532. The SMILES string of the molecule is CCCCC/C=C\C/C=C\CCCCCCCCCC(=O)OC(CO)COCCCCCCCCCCCCCC. The van der Waals surface area contributed by atoms with Gasteiger partial charge in [-0.1, -0.05) is 154 Å². The van der Waals surface area contributed by atoms with Crippen molar-refractivity contribution in [2.24, 2.45) is 0 Å². The summed E-state index contributed by atoms with van der Waals surface area (Å²) in [5.41, 5.74) is 0. The molecule has 0 spiro atoms. The van der Waals surface area contributed by atoms with Gasteiger partial charge in [-0.2, -0.15) is 0 Å². The monoisotopic (exact) mass is 579 g/mol. The van der Waals surface area contributed by atoms with Crippen LogP contribution in [0.4, 0.5) is 0 Å². The van der Waals surface area contributed by atoms with Crippen LogP contribution in [0.3, 0.4) is 0 Å². The number of allylic oxidation sites excluding steroid dienone is 4. The maximum atomic E-state index is 12.1. The number of carbonyl (C=O) groups is 1. The van der Waals surface area contributed by atoms with Crippen LogP contribution in [0.2, 0.25) is 0 Å². The molecule has 0 fully saturated rings. The molecule has 1 unspecified atom stereocenters. The predicted molar refractivity (Wildman–Crippen MR) is 177 cm³/mol. The number of unbranched alkanes of at least 4 members (excludes halogenated alkanes) is 21. The van der Waals surface area contributed by atoms with Crippen LogP contribution in [0.15, 0.2) is 24.3 Å². The molecular formula is C37H70O4. The van der Waals surface area contributed by atoms with Crippen LogP contribution in [0.1, 0.15) is 181 Å². The van der Waals surface area contributed by atoms with Gasteiger partial charge in [-0.25, -0.2) is 0 Å². The lowest BCUT2D eigenvalue weighted by Crippen LogP contribution is -2.27. The molecule has 0 aromatic rings. The second-order valence-electron chi connectivity index (χ2n) is 11.9. The van der Waals surface area contributed by atoms with E-state index in [4.69, 9.17) is 9.47 Å². The molecule has 1 N–H and O–H groups in total. The lowest BCUT2D eigenvalue weighted by Gasteiger charge is -2.16. The van der Waals surface area contributed by atoms with Gasteiger partial charge in [0.05, 0.1) is 13.2 Å². The van der Waals surface area contributed by atoms with E-state index in [2.05, 4.69) is 38.2 Å². The Morgan fingerprint density at radius 3 is 1.56 bits per heavy atom. The number of esters is 1. The molecular weight excluding hydrogens is 508 g/mol. The van der Waals surface area contributed by atoms with Crippen molar-refractivity contribution >= 4 is 5.97 Å². The van der Waals surface area contributed by atoms with Crippen LogP contribution in [0, 0.1) is 0 Å². The number of rotatable bonds is 33. The van der Waals surface area contributed by atoms with Gasteiger partial charge in [0.2, 0.25) is 0 Å². The summed E-state index contributed by atoms with van der Waals surface area (Å²) in [6.45, 7) is 5.32. The van der Waals surface area contributed by atoms with Crippen LogP contribution in [0.25, 0.3) is 0 Å². The molecule has 0 heterocycles. The Balaban J connectivity index is 3.45. The Morgan fingerprint density at radius 2 is 1.02 bits per heavy atom. The Bertz CT molecular complexity index is 571. The molecule has 41 heavy (non-hydrogen) atoms. The summed E-state index contributed by atoms with van der Waals surface area (Å²) in [7, 11) is 0. The van der Waals surface area contributed by atoms with E-state index in [1.807, 2.05) is 0 Å². The summed E-state index contributed by atoms with van der Waals surface area (Å²) in [5, 5.41) is 9.53. The van der Waals surface area contributed by atoms with E-state index in [0.29, 0.717) is 19.6 Å². The first-order chi connectivity index (χ1) is 20.2. The average Bonchev–Trinajstić information content (AvgIpc) is 2.98. The number of hydrogen-bond acceptors (Lipinski definition) is 4. The highest BCUT2D eigenvalue weighted by Crippen LogP contribution is 2.13. The van der Waals surface area contributed by atoms with Crippen molar-refractivity contribution in [1.82, 2.24) is 0 Å². The van der Waals surface area contributed by atoms with Crippen molar-refractivity contribution in [2.75, 3.05) is 19.8 Å². The van der Waals surface area contributed by atoms with E-state index in [-0.39, 0.29) is 12.6 Å². The lowest BCUT2D eigenvalue weighted by molar-refractivity contribution is -0.154. The summed E-state index contributed by atoms with van der Waals surface area (Å²) in [6, 6.07) is 0. The van der Waals surface area contributed by atoms with E-state index >= 15 is 0 Å². The summed E-state index contributed by atoms with van der Waals surface area (Å²) in [6.07, 6.45) is 40.6. The Hall–Kier alpha value is -1.13. The molecule has 4 nitrogen and oxygen atoms in total. The highest BCUT2D eigenvalue weighted by atomic mass is 16.6. The average molecular weight is 579 g/mol. The third-order valence-electron chi connectivity index (χ3n) is 7.78. The van der Waals surface area contributed by atoms with Crippen molar-refractivity contribution < 1.29 is 19.4 Å². The fourth-order valence-electron chi connectivity index (χ4n) is 5.06. The third-order valence-corrected chi connectivity index (χ3v) is 7.78. The van der Waals surface area contributed by atoms with Crippen LogP contribution < -0.4 is 0 Å². The molecule has 0 saturated carbocycles. The summed E-state index contributed by atoms with van der Waals surface area (Å²) >= 11 is 0. The number of ether oxygens (including phenoxy) is 2. The van der Waals surface area contributed by atoms with Crippen molar-refractivity contribution in [1.29, 1.82) is 0 Å². The van der Waals surface area contributed by atoms with Crippen molar-refractivity contribution in [3.63, 3.8) is 0 Å². The standard InChI is InChI=1S/C37H70O4/c1-3-5-7-9-11-13-15-17-18-19-20-21-22-24-26-28-30-32-37(39)41-36(34-38)35-40-33-31-29-27-25-23-16-14-12-10-8-6-4-2/h11,13,17-18,36,38H,3-10,12,14-16,19-35H2,1-2H3/b13-11-,18-17-. The summed E-state index contributed by atoms with van der Waals surface area (Å²) in [5.74, 6) is -0.208. The highest BCUT2D eigenvalue weighted by molar-refractivity contribution is 5.69. The fraction of sp³-hybridized carbons (Fsp3) is 0.865. The molecule has 0 bridgehead atoms. The van der Waals surface area contributed by atoms with Crippen molar-refractivity contribution in [2.45, 2.75) is 187 Å². The largest absolute Gasteiger partial charge is 0.457 e. The Labute approximate surface area is 256 Å². The van der Waals surface area contributed by atoms with Crippen LogP contribution in [-0.2, 0) is 14.3 Å². The topological polar surface area (TPSA) is 55.8 Å². The number of aliphatic hydroxyl groups is 1. The highest BCUT2D eigenvalue weighted by Gasteiger charge is 2.13. The molecule has 0 saturated heterocycles. The van der Waals surface area contributed by atoms with Gasteiger partial charge >= 0.3 is 5.97 Å². The van der Waals surface area contributed by atoms with Gasteiger partial charge in [0.15, 0.2) is 0 Å². The molecule has 4 heteroatoms. The predicted octanol–water partition coefficient (Wildman–Crippen LogP) is 11.2. The summed E-state index contributed by atoms with van der Waals surface area (Å²) < 4.78 is 11.1. The zero-order chi connectivity index (χ0) is 29.9. The van der Waals surface area contributed by atoms with Gasteiger partial charge in [0.25, 0.3) is 0 Å². The zero-order valence-electron chi connectivity index (χ0n) is 27.6. The van der Waals surface area contributed by atoms with E-state index in [9.17, 15) is 9.90 Å². The second-order valence-corrected chi connectivity index (χ2v) is 11.9. The van der Waals surface area contributed by atoms with Crippen molar-refractivity contribution in [3.05, 3.63) is 24.3 Å². The Kier molecular flexibility index (Phi) is 34.1. The molecule has 0 aliphatic carbocycles. The fourth-order valence-corrected chi connectivity index (χ4v) is 5.06. The first-order valence-corrected chi connectivity index (χ1v) is 17.9. The normalized spacial score (nSPS) is 12.6. The molecule has 0 amide bonds. The van der Waals surface area contributed by atoms with Gasteiger partial charge in [-0.15, -0.1) is 0 Å². The van der Waals surface area contributed by atoms with Crippen LogP contribution in [0.5, 0.6) is 0 Å². The molecule has 0 aliphatic heterocycles. The van der Waals surface area contributed by atoms with Crippen LogP contribution >= 0.6 is 0 Å². The van der Waals surface area contributed by atoms with E-state index in [1.54, 1.807) is 0 Å². The summed E-state index contributed by atoms with van der Waals surface area (Å²) in [4.78, 5) is 12.1. The Morgan fingerprint density at radius 1 is 0.585 bits per heavy atom. The lowest BCUT2D eigenvalue weighted by atomic mass is 10.1. The molecule has 0 rings (SSSR count). The van der Waals surface area contributed by atoms with Gasteiger partial charge < -0.3 is 14.6 Å². The van der Waals surface area contributed by atoms with E-state index in [0.717, 1.165) is 25.7 Å². The number of carbonyl (C=O) groups excluding carboxylic acids is 1. The maximum Gasteiger partial charge on any atom is 0.306 e. The third kappa shape index (κ3) is 33.2. The molecule has 0 aromatic carbocycles. The van der Waals surface area contributed by atoms with E-state index < -0.39 is 6.10 Å². The molecule has 242 valence electrons. The molecule has 1 atom stereocenters. The van der Waals surface area contributed by atoms with Crippen molar-refractivity contribution in [3.8, 4) is 0 Å². The molecule has 0 aromatic heterocycles. The quantitative estimate of drug-likeness (QED) is 0.0478. The molecule has 0 aliphatic rings. The maximum absolute atomic E-state index is 12.1. The van der Waals surface area contributed by atoms with Gasteiger partial charge in [0, 0.05) is 13.0 Å². The first-order valence-electron chi connectivity index (χ1n) is 17.9. The van der Waals surface area contributed by atoms with E-state index in [1.165, 1.54) is 135 Å². The van der Waals surface area contributed by atoms with Gasteiger partial charge in [0.1, 0.15) is 6.10 Å². The van der Waals surface area contributed by atoms with Crippen LogP contribution in [-0.4, -0.2) is 37.0 Å². The minimum absolute atomic E-state index is 0.172. The first kappa shape index (κ1) is 39.9. The minimum Gasteiger partial charge on any atom is -0.457 e. The molecule has 0 radical (unpaired) electrons. The number of hydrogen-bond donors (Lipinski definition) is 1. The smallest absolute Gasteiger partial charge is 0.306 e. The number of aliphatic hydroxyl groups excluding tert-OH is 1. The second kappa shape index (κ2) is 35.1. The zero-order valence-corrected chi connectivity index (χ0v) is 27.6. The van der Waals surface area contributed by atoms with Gasteiger partial charge in [-0.05, 0) is 44.9 Å². The van der Waals surface area contributed by atoms with Gasteiger partial charge in [-0.3, -0.25) is 4.79 Å².